The van der Waals surface area contributed by atoms with Crippen LogP contribution in [-0.4, -0.2) is 37.5 Å². The second kappa shape index (κ2) is 6.72. The molecule has 0 aliphatic carbocycles. The number of nitrogens with zero attached hydrogens (tertiary/aromatic N) is 1. The number of nitrogens with one attached hydrogen (secondary N) is 2. The van der Waals surface area contributed by atoms with Crippen LogP contribution in [0.4, 0.5) is 5.69 Å². The van der Waals surface area contributed by atoms with Crippen LogP contribution in [0.15, 0.2) is 18.2 Å². The van der Waals surface area contributed by atoms with E-state index in [1.165, 1.54) is 12.8 Å². The Balaban J connectivity index is 1.91. The fourth-order valence-corrected chi connectivity index (χ4v) is 2.78. The van der Waals surface area contributed by atoms with Crippen molar-refractivity contribution in [3.05, 3.63) is 29.3 Å². The van der Waals surface area contributed by atoms with Crippen molar-refractivity contribution in [1.82, 2.24) is 10.2 Å². The molecule has 0 spiro atoms. The third-order valence-electron chi connectivity index (χ3n) is 3.91. The number of carbonyl (C=O) groups is 1. The number of hydrazine groups is 1. The lowest BCUT2D eigenvalue weighted by Crippen LogP contribution is -2.39. The van der Waals surface area contributed by atoms with Gasteiger partial charge in [-0.3, -0.25) is 10.6 Å². The second-order valence-corrected chi connectivity index (χ2v) is 5.65. The Morgan fingerprint density at radius 2 is 2.30 bits per heavy atom. The number of nitrogen functional groups attached to an aromatic ring is 1. The molecule has 5 nitrogen and oxygen atoms in total. The third-order valence-corrected chi connectivity index (χ3v) is 3.91. The van der Waals surface area contributed by atoms with Gasteiger partial charge in [-0.05, 0) is 63.0 Å². The molecule has 1 aliphatic rings. The highest BCUT2D eigenvalue weighted by atomic mass is 16.1. The first-order valence-corrected chi connectivity index (χ1v) is 7.14. The van der Waals surface area contributed by atoms with Crippen molar-refractivity contribution >= 4 is 11.6 Å². The summed E-state index contributed by atoms with van der Waals surface area (Å²) in [6, 6.07) is 5.51. The molecule has 1 heterocycles. The van der Waals surface area contributed by atoms with Crippen LogP contribution in [0.2, 0.25) is 0 Å². The highest BCUT2D eigenvalue weighted by Crippen LogP contribution is 2.16. The van der Waals surface area contributed by atoms with E-state index >= 15 is 0 Å². The molecule has 0 saturated carbocycles. The van der Waals surface area contributed by atoms with Crippen LogP contribution in [0.5, 0.6) is 0 Å². The van der Waals surface area contributed by atoms with E-state index < -0.39 is 0 Å². The third kappa shape index (κ3) is 3.71. The van der Waals surface area contributed by atoms with Gasteiger partial charge in [-0.25, -0.2) is 0 Å². The van der Waals surface area contributed by atoms with Gasteiger partial charge in [0.15, 0.2) is 0 Å². The maximum absolute atomic E-state index is 12.2. The number of aryl methyl sites for hydroxylation is 1. The molecular formula is C15H24N4O. The highest BCUT2D eigenvalue weighted by Gasteiger charge is 2.18. The van der Waals surface area contributed by atoms with Gasteiger partial charge in [-0.2, -0.15) is 0 Å². The number of rotatable bonds is 4. The zero-order valence-electron chi connectivity index (χ0n) is 12.3. The van der Waals surface area contributed by atoms with Crippen LogP contribution in [0.25, 0.3) is 0 Å². The second-order valence-electron chi connectivity index (χ2n) is 5.65. The molecule has 1 aliphatic heterocycles. The average molecular weight is 276 g/mol. The van der Waals surface area contributed by atoms with Crippen LogP contribution < -0.4 is 16.6 Å². The maximum Gasteiger partial charge on any atom is 0.251 e. The Kier molecular flexibility index (Phi) is 4.98. The first-order valence-electron chi connectivity index (χ1n) is 7.14. The summed E-state index contributed by atoms with van der Waals surface area (Å²) in [5, 5.41) is 3.05. The molecule has 1 fully saturated rings. The molecule has 1 aromatic carbocycles. The number of nitrogens with two attached hydrogens (primary N) is 1. The molecule has 2 rings (SSSR count). The van der Waals surface area contributed by atoms with E-state index in [0.717, 1.165) is 30.9 Å². The lowest BCUT2D eigenvalue weighted by Gasteiger charge is -2.29. The molecule has 20 heavy (non-hydrogen) atoms. The molecule has 0 bridgehead atoms. The van der Waals surface area contributed by atoms with Gasteiger partial charge in [0, 0.05) is 24.3 Å². The fourth-order valence-electron chi connectivity index (χ4n) is 2.78. The lowest BCUT2D eigenvalue weighted by atomic mass is 9.98. The standard InChI is InChI=1S/C15H24N4O/c1-11-8-13(18-16)5-6-14(11)15(20)17-9-12-4-3-7-19(2)10-12/h5-6,8,12,18H,3-4,7,9-10,16H2,1-2H3,(H,17,20). The fraction of sp³-hybridized carbons (Fsp3) is 0.533. The monoisotopic (exact) mass is 276 g/mol. The summed E-state index contributed by atoms with van der Waals surface area (Å²) < 4.78 is 0. The zero-order valence-corrected chi connectivity index (χ0v) is 12.3. The zero-order chi connectivity index (χ0) is 14.5. The van der Waals surface area contributed by atoms with Crippen molar-refractivity contribution in [3.63, 3.8) is 0 Å². The first kappa shape index (κ1) is 14.8. The van der Waals surface area contributed by atoms with Gasteiger partial charge in [0.05, 0.1) is 0 Å². The number of likely N-dealkylation sites (tertiary alicyclic amines) is 1. The van der Waals surface area contributed by atoms with Gasteiger partial charge >= 0.3 is 0 Å². The summed E-state index contributed by atoms with van der Waals surface area (Å²) in [6.45, 7) is 4.90. The van der Waals surface area contributed by atoms with Crippen molar-refractivity contribution in [1.29, 1.82) is 0 Å². The van der Waals surface area contributed by atoms with E-state index in [4.69, 9.17) is 5.84 Å². The topological polar surface area (TPSA) is 70.4 Å². The summed E-state index contributed by atoms with van der Waals surface area (Å²) >= 11 is 0. The minimum atomic E-state index is -0.000650. The Labute approximate surface area is 120 Å². The highest BCUT2D eigenvalue weighted by molar-refractivity contribution is 5.96. The average Bonchev–Trinajstić information content (AvgIpc) is 2.44. The Morgan fingerprint density at radius 1 is 1.50 bits per heavy atom. The van der Waals surface area contributed by atoms with E-state index in [2.05, 4.69) is 22.7 Å². The molecule has 4 N–H and O–H groups in total. The Bertz CT molecular complexity index is 475. The van der Waals surface area contributed by atoms with E-state index in [0.29, 0.717) is 11.5 Å². The van der Waals surface area contributed by atoms with E-state index in [-0.39, 0.29) is 5.91 Å². The predicted molar refractivity (Wildman–Crippen MR) is 81.5 cm³/mol. The molecule has 0 radical (unpaired) electrons. The van der Waals surface area contributed by atoms with Crippen LogP contribution >= 0.6 is 0 Å². The van der Waals surface area contributed by atoms with Crippen LogP contribution in [0.1, 0.15) is 28.8 Å². The maximum atomic E-state index is 12.2. The smallest absolute Gasteiger partial charge is 0.251 e. The number of carbonyl (C=O) groups excluding carboxylic acids is 1. The van der Waals surface area contributed by atoms with Crippen molar-refractivity contribution in [2.75, 3.05) is 32.1 Å². The molecule has 5 heteroatoms. The minimum Gasteiger partial charge on any atom is -0.352 e. The molecule has 1 atom stereocenters. The molecule has 1 unspecified atom stereocenters. The van der Waals surface area contributed by atoms with Crippen molar-refractivity contribution < 1.29 is 4.79 Å². The van der Waals surface area contributed by atoms with E-state index in [1.54, 1.807) is 0 Å². The lowest BCUT2D eigenvalue weighted by molar-refractivity contribution is 0.0936. The molecule has 1 amide bonds. The molecule has 1 saturated heterocycles. The first-order chi connectivity index (χ1) is 9.60. The Morgan fingerprint density at radius 3 is 2.95 bits per heavy atom. The van der Waals surface area contributed by atoms with Gasteiger partial charge in [-0.15, -0.1) is 0 Å². The largest absolute Gasteiger partial charge is 0.352 e. The SMILES string of the molecule is Cc1cc(NN)ccc1C(=O)NCC1CCCN(C)C1. The summed E-state index contributed by atoms with van der Waals surface area (Å²) in [6.07, 6.45) is 2.41. The number of hydrogen-bond acceptors (Lipinski definition) is 4. The predicted octanol–water partition coefficient (Wildman–Crippen LogP) is 1.35. The summed E-state index contributed by atoms with van der Waals surface area (Å²) in [7, 11) is 2.14. The normalized spacial score (nSPS) is 19.6. The summed E-state index contributed by atoms with van der Waals surface area (Å²) in [5.74, 6) is 5.92. The molecule has 1 aromatic rings. The van der Waals surface area contributed by atoms with Crippen LogP contribution in [-0.2, 0) is 0 Å². The molecule has 0 aromatic heterocycles. The minimum absolute atomic E-state index is 0.000650. The van der Waals surface area contributed by atoms with Crippen molar-refractivity contribution in [3.8, 4) is 0 Å². The number of amides is 1. The van der Waals surface area contributed by atoms with Crippen LogP contribution in [0, 0.1) is 12.8 Å². The summed E-state index contributed by atoms with van der Waals surface area (Å²) in [4.78, 5) is 14.5. The van der Waals surface area contributed by atoms with Crippen molar-refractivity contribution in [2.45, 2.75) is 19.8 Å². The van der Waals surface area contributed by atoms with Gasteiger partial charge in [0.1, 0.15) is 0 Å². The number of piperidine rings is 1. The van der Waals surface area contributed by atoms with Gasteiger partial charge in [-0.1, -0.05) is 0 Å². The van der Waals surface area contributed by atoms with Gasteiger partial charge in [0.25, 0.3) is 5.91 Å². The molecular weight excluding hydrogens is 252 g/mol. The summed E-state index contributed by atoms with van der Waals surface area (Å²) in [5.41, 5.74) is 5.04. The number of hydrogen-bond donors (Lipinski definition) is 3. The van der Waals surface area contributed by atoms with E-state index in [1.807, 2.05) is 25.1 Å². The quantitative estimate of drug-likeness (QED) is 0.573. The molecule has 110 valence electrons. The van der Waals surface area contributed by atoms with Crippen molar-refractivity contribution in [2.24, 2.45) is 11.8 Å². The Hall–Kier alpha value is -1.59. The number of anilines is 1. The van der Waals surface area contributed by atoms with Gasteiger partial charge < -0.3 is 15.6 Å². The van der Waals surface area contributed by atoms with E-state index in [9.17, 15) is 4.79 Å². The van der Waals surface area contributed by atoms with Gasteiger partial charge in [0.2, 0.25) is 0 Å². The van der Waals surface area contributed by atoms with Crippen LogP contribution in [0.3, 0.4) is 0 Å². The number of benzene rings is 1.